The largest absolute Gasteiger partial charge is 0.460 e. The van der Waals surface area contributed by atoms with E-state index in [-0.39, 0.29) is 11.0 Å². The Bertz CT molecular complexity index is 579. The molecule has 0 fully saturated rings. The zero-order chi connectivity index (χ0) is 24.1. The van der Waals surface area contributed by atoms with Crippen molar-refractivity contribution in [1.82, 2.24) is 0 Å². The summed E-state index contributed by atoms with van der Waals surface area (Å²) in [6, 6.07) is 0. The predicted molar refractivity (Wildman–Crippen MR) is 63.6 cm³/mol. The third kappa shape index (κ3) is 3.91. The van der Waals surface area contributed by atoms with Crippen molar-refractivity contribution < 1.29 is 74.6 Å². The molecule has 0 aliphatic carbocycles. The SMILES string of the molecule is FC(F)(F)C(F)(F)C(F)(F)C(F)(F)C(F)(F)C(F)(F)C(F)(F)C(F)(F)CCSCl. The smallest absolute Gasteiger partial charge is 0.200 e. The summed E-state index contributed by atoms with van der Waals surface area (Å²) in [6.07, 6.45) is -10.3. The number of halogens is 18. The van der Waals surface area contributed by atoms with Crippen LogP contribution < -0.4 is 0 Å². The maximum absolute atomic E-state index is 13.3. The summed E-state index contributed by atoms with van der Waals surface area (Å²) < 4.78 is 218. The van der Waals surface area contributed by atoms with Gasteiger partial charge in [0.05, 0.1) is 0 Å². The lowest BCUT2D eigenvalue weighted by Crippen LogP contribution is -2.74. The second kappa shape index (κ2) is 7.55. The lowest BCUT2D eigenvalue weighted by molar-refractivity contribution is -0.461. The minimum atomic E-state index is -8.59. The van der Waals surface area contributed by atoms with E-state index in [0.717, 1.165) is 0 Å². The van der Waals surface area contributed by atoms with E-state index >= 15 is 0 Å². The van der Waals surface area contributed by atoms with Crippen LogP contribution in [0.5, 0.6) is 0 Å². The van der Waals surface area contributed by atoms with E-state index in [9.17, 15) is 74.6 Å². The molecule has 0 aromatic carbocycles. The highest BCUT2D eigenvalue weighted by molar-refractivity contribution is 8.21. The second-order valence-corrected chi connectivity index (χ2v) is 6.49. The molecule has 0 rings (SSSR count). The maximum atomic E-state index is 13.3. The first kappa shape index (κ1) is 28.5. The fraction of sp³-hybridized carbons (Fsp3) is 1.00. The molecule has 0 radical (unpaired) electrons. The van der Waals surface area contributed by atoms with Crippen molar-refractivity contribution >= 4 is 21.7 Å². The van der Waals surface area contributed by atoms with Crippen molar-refractivity contribution in [3.8, 4) is 0 Å². The summed E-state index contributed by atoms with van der Waals surface area (Å²) in [6.45, 7) is 0. The van der Waals surface area contributed by atoms with Crippen LogP contribution in [0, 0.1) is 0 Å². The average Bonchev–Trinajstić information content (AvgIpc) is 2.50. The highest BCUT2D eigenvalue weighted by Gasteiger charge is 2.95. The molecule has 0 aliphatic heterocycles. The summed E-state index contributed by atoms with van der Waals surface area (Å²) in [7, 11) is 4.39. The van der Waals surface area contributed by atoms with E-state index < -0.39 is 59.8 Å². The Morgan fingerprint density at radius 1 is 0.448 bits per heavy atom. The predicted octanol–water partition coefficient (Wildman–Crippen LogP) is 7.27. The van der Waals surface area contributed by atoms with Gasteiger partial charge < -0.3 is 0 Å². The number of alkyl halides is 17. The summed E-state index contributed by atoms with van der Waals surface area (Å²) in [4.78, 5) is 0. The molecular formula is C10H4ClF17S. The standard InChI is InChI=1S/C10H4ClF17S/c11-29-2-1-3(12,13)4(14,15)5(16,17)6(18,19)7(20,21)8(22,23)9(24,25)10(26,27)28/h1-2H2. The molecule has 0 unspecified atom stereocenters. The molecule has 0 bridgehead atoms. The third-order valence-corrected chi connectivity index (χ3v) is 4.10. The molecular weight excluding hydrogens is 511 g/mol. The molecule has 0 aromatic heterocycles. The molecule has 19 heteroatoms. The molecule has 176 valence electrons. The van der Waals surface area contributed by atoms with Gasteiger partial charge in [-0.15, -0.1) is 0 Å². The van der Waals surface area contributed by atoms with Gasteiger partial charge in [-0.3, -0.25) is 0 Å². The van der Waals surface area contributed by atoms with Gasteiger partial charge in [-0.05, 0) is 10.7 Å². The van der Waals surface area contributed by atoms with Gasteiger partial charge in [0.15, 0.2) is 0 Å². The van der Waals surface area contributed by atoms with E-state index in [1.54, 1.807) is 0 Å². The third-order valence-electron chi connectivity index (χ3n) is 3.28. The summed E-state index contributed by atoms with van der Waals surface area (Å²) in [5.41, 5.74) is 0. The van der Waals surface area contributed by atoms with Crippen LogP contribution in [-0.4, -0.2) is 53.4 Å². The monoisotopic (exact) mass is 514 g/mol. The Morgan fingerprint density at radius 2 is 0.724 bits per heavy atom. The summed E-state index contributed by atoms with van der Waals surface area (Å²) in [5.74, 6) is -57.4. The minimum Gasteiger partial charge on any atom is -0.200 e. The highest BCUT2D eigenvalue weighted by atomic mass is 35.7. The quantitative estimate of drug-likeness (QED) is 0.292. The van der Waals surface area contributed by atoms with Gasteiger partial charge in [0.25, 0.3) is 0 Å². The van der Waals surface area contributed by atoms with Crippen molar-refractivity contribution in [1.29, 1.82) is 0 Å². The van der Waals surface area contributed by atoms with Gasteiger partial charge in [-0.1, -0.05) is 11.0 Å². The molecule has 29 heavy (non-hydrogen) atoms. The first-order valence-electron chi connectivity index (χ1n) is 6.26. The molecule has 0 N–H and O–H groups in total. The van der Waals surface area contributed by atoms with E-state index in [1.807, 2.05) is 0 Å². The summed E-state index contributed by atoms with van der Waals surface area (Å²) >= 11 is 0. The molecule has 0 aliphatic rings. The lowest BCUT2D eigenvalue weighted by atomic mass is 9.88. The lowest BCUT2D eigenvalue weighted by Gasteiger charge is -2.42. The van der Waals surface area contributed by atoms with E-state index in [0.29, 0.717) is 0 Å². The molecule has 0 amide bonds. The van der Waals surface area contributed by atoms with Crippen molar-refractivity contribution in [2.24, 2.45) is 0 Å². The van der Waals surface area contributed by atoms with Crippen LogP contribution >= 0.6 is 21.7 Å². The molecule has 0 spiro atoms. The zero-order valence-electron chi connectivity index (χ0n) is 12.6. The first-order valence-corrected chi connectivity index (χ1v) is 8.07. The van der Waals surface area contributed by atoms with Crippen LogP contribution in [0.3, 0.4) is 0 Å². The Balaban J connectivity index is 6.57. The van der Waals surface area contributed by atoms with Crippen LogP contribution in [-0.2, 0) is 0 Å². The zero-order valence-corrected chi connectivity index (χ0v) is 14.2. The van der Waals surface area contributed by atoms with Crippen LogP contribution in [0.25, 0.3) is 0 Å². The topological polar surface area (TPSA) is 0 Å². The Labute approximate surface area is 157 Å². The van der Waals surface area contributed by atoms with Gasteiger partial charge in [0.2, 0.25) is 0 Å². The number of hydrogen-bond donors (Lipinski definition) is 0. The number of rotatable bonds is 9. The van der Waals surface area contributed by atoms with E-state index in [2.05, 4.69) is 10.7 Å². The molecule has 0 aromatic rings. The minimum absolute atomic E-state index is 0.287. The Hall–Kier alpha value is -0.550. The van der Waals surface area contributed by atoms with E-state index in [4.69, 9.17) is 0 Å². The van der Waals surface area contributed by atoms with Crippen LogP contribution in [0.15, 0.2) is 0 Å². The normalized spacial score (nSPS) is 16.3. The van der Waals surface area contributed by atoms with Gasteiger partial charge in [0.1, 0.15) is 0 Å². The van der Waals surface area contributed by atoms with Gasteiger partial charge in [-0.2, -0.15) is 74.6 Å². The second-order valence-electron chi connectivity index (χ2n) is 5.21. The Morgan fingerprint density at radius 3 is 1.00 bits per heavy atom. The van der Waals surface area contributed by atoms with Gasteiger partial charge in [0, 0.05) is 12.2 Å². The summed E-state index contributed by atoms with van der Waals surface area (Å²) in [5, 5.41) is 0. The van der Waals surface area contributed by atoms with Crippen molar-refractivity contribution in [2.45, 2.75) is 54.1 Å². The molecule has 0 heterocycles. The van der Waals surface area contributed by atoms with Crippen LogP contribution in [0.4, 0.5) is 74.6 Å². The molecule has 0 saturated heterocycles. The molecule has 0 atom stereocenters. The maximum Gasteiger partial charge on any atom is 0.460 e. The van der Waals surface area contributed by atoms with Crippen molar-refractivity contribution in [2.75, 3.05) is 5.75 Å². The highest BCUT2D eigenvalue weighted by Crippen LogP contribution is 2.64. The van der Waals surface area contributed by atoms with E-state index in [1.165, 1.54) is 0 Å². The molecule has 0 nitrogen and oxygen atoms in total. The van der Waals surface area contributed by atoms with Crippen molar-refractivity contribution in [3.63, 3.8) is 0 Å². The van der Waals surface area contributed by atoms with Gasteiger partial charge >= 0.3 is 47.6 Å². The van der Waals surface area contributed by atoms with Gasteiger partial charge in [-0.25, -0.2) is 0 Å². The average molecular weight is 515 g/mol. The van der Waals surface area contributed by atoms with Crippen LogP contribution in [0.2, 0.25) is 0 Å². The van der Waals surface area contributed by atoms with Crippen LogP contribution in [0.1, 0.15) is 6.42 Å². The van der Waals surface area contributed by atoms with Crippen molar-refractivity contribution in [3.05, 3.63) is 0 Å². The fourth-order valence-electron chi connectivity index (χ4n) is 1.52. The number of hydrogen-bond acceptors (Lipinski definition) is 1. The Kier molecular flexibility index (Phi) is 7.40. The fourth-order valence-corrected chi connectivity index (χ4v) is 2.09. The molecule has 0 saturated carbocycles. The first-order chi connectivity index (χ1) is 12.3.